The average Bonchev–Trinajstić information content (AvgIpc) is 3.99. The highest BCUT2D eigenvalue weighted by Gasteiger charge is 2.66. The summed E-state index contributed by atoms with van der Waals surface area (Å²) in [4.78, 5) is 22.6. The van der Waals surface area contributed by atoms with Crippen LogP contribution in [0.2, 0.25) is 0 Å². The van der Waals surface area contributed by atoms with E-state index >= 15 is 0 Å². The van der Waals surface area contributed by atoms with Gasteiger partial charge in [0.15, 0.2) is 17.2 Å². The number of methoxy groups -OCH3 is 1. The maximum Gasteiger partial charge on any atom is 0.251 e. The zero-order valence-corrected chi connectivity index (χ0v) is 23.6. The van der Waals surface area contributed by atoms with Crippen LogP contribution in [0.15, 0.2) is 67.3 Å². The molecule has 1 amide bonds. The Morgan fingerprint density at radius 1 is 1.16 bits per heavy atom. The van der Waals surface area contributed by atoms with Crippen molar-refractivity contribution < 1.29 is 28.5 Å². The quantitative estimate of drug-likeness (QED) is 0.282. The number of amides is 1. The lowest BCUT2D eigenvalue weighted by molar-refractivity contribution is 0.00945. The second-order valence-electron chi connectivity index (χ2n) is 12.0. The minimum Gasteiger partial charge on any atom is -0.493 e. The molecule has 0 radical (unpaired) electrons. The number of halogens is 1. The molecule has 2 unspecified atom stereocenters. The smallest absolute Gasteiger partial charge is 0.251 e. The lowest BCUT2D eigenvalue weighted by Gasteiger charge is -2.30. The lowest BCUT2D eigenvalue weighted by Crippen LogP contribution is -2.43. The highest BCUT2D eigenvalue weighted by Crippen LogP contribution is 2.62. The van der Waals surface area contributed by atoms with Crippen molar-refractivity contribution in [3.8, 4) is 28.5 Å². The Morgan fingerprint density at radius 3 is 2.67 bits per heavy atom. The van der Waals surface area contributed by atoms with E-state index < -0.39 is 11.1 Å². The highest BCUT2D eigenvalue weighted by molar-refractivity contribution is 5.95. The summed E-state index contributed by atoms with van der Waals surface area (Å²) in [6.45, 7) is -0.0316. The van der Waals surface area contributed by atoms with Crippen LogP contribution in [0.4, 0.5) is 4.39 Å². The second kappa shape index (κ2) is 9.54. The molecule has 3 saturated carbocycles. The molecule has 10 heteroatoms. The fraction of sp³-hybridized carbons (Fsp3) is 0.364. The first-order chi connectivity index (χ1) is 20.9. The minimum absolute atomic E-state index is 0.0316. The minimum atomic E-state index is -1.43. The van der Waals surface area contributed by atoms with Crippen molar-refractivity contribution in [2.45, 2.75) is 55.5 Å². The van der Waals surface area contributed by atoms with Crippen molar-refractivity contribution in [1.82, 2.24) is 19.9 Å². The summed E-state index contributed by atoms with van der Waals surface area (Å²) in [5.41, 5.74) is 1.11. The maximum absolute atomic E-state index is 13.9. The SMILES string of the molecule is COc1cc(C(=O)NCC(O)(c2cc3c(c(-c4ccc(F)cc4)n2)OC2C[C@@]32n2ccnc2)C2CC2)ccc1OC1CC1. The van der Waals surface area contributed by atoms with Gasteiger partial charge in [-0.25, -0.2) is 14.4 Å². The zero-order valence-electron chi connectivity index (χ0n) is 23.6. The van der Waals surface area contributed by atoms with E-state index in [4.69, 9.17) is 19.2 Å². The molecule has 2 aromatic heterocycles. The molecule has 1 aliphatic heterocycles. The number of carbonyl (C=O) groups excluding carboxylic acids is 1. The summed E-state index contributed by atoms with van der Waals surface area (Å²) in [5.74, 6) is 0.962. The van der Waals surface area contributed by atoms with Gasteiger partial charge in [0.05, 0.1) is 31.8 Å². The number of fused-ring (bicyclic) bond motifs is 3. The molecule has 2 N–H and O–H groups in total. The fourth-order valence-electron chi connectivity index (χ4n) is 6.29. The number of aliphatic hydroxyl groups is 1. The van der Waals surface area contributed by atoms with Gasteiger partial charge in [0.2, 0.25) is 0 Å². The summed E-state index contributed by atoms with van der Waals surface area (Å²) < 4.78 is 33.7. The number of imidazole rings is 1. The van der Waals surface area contributed by atoms with Crippen LogP contribution >= 0.6 is 0 Å². The van der Waals surface area contributed by atoms with Gasteiger partial charge in [-0.3, -0.25) is 4.79 Å². The molecule has 43 heavy (non-hydrogen) atoms. The lowest BCUT2D eigenvalue weighted by atomic mass is 9.89. The van der Waals surface area contributed by atoms with Crippen molar-refractivity contribution in [3.05, 3.63) is 89.9 Å². The molecule has 4 aliphatic rings. The van der Waals surface area contributed by atoms with Crippen molar-refractivity contribution in [2.75, 3.05) is 13.7 Å². The average molecular weight is 583 g/mol. The summed E-state index contributed by atoms with van der Waals surface area (Å²) in [6.07, 6.45) is 9.95. The van der Waals surface area contributed by atoms with E-state index in [-0.39, 0.29) is 36.4 Å². The molecule has 3 fully saturated rings. The summed E-state index contributed by atoms with van der Waals surface area (Å²) >= 11 is 0. The molecular weight excluding hydrogens is 551 g/mol. The van der Waals surface area contributed by atoms with E-state index in [0.29, 0.717) is 39.8 Å². The Hall–Kier alpha value is -4.44. The van der Waals surface area contributed by atoms with Crippen LogP contribution < -0.4 is 19.5 Å². The Balaban J connectivity index is 1.15. The van der Waals surface area contributed by atoms with Crippen LogP contribution in [0.3, 0.4) is 0 Å². The fourth-order valence-corrected chi connectivity index (χ4v) is 6.29. The number of benzene rings is 2. The summed E-state index contributed by atoms with van der Waals surface area (Å²) in [6, 6.07) is 13.1. The van der Waals surface area contributed by atoms with E-state index in [0.717, 1.165) is 37.7 Å². The van der Waals surface area contributed by atoms with E-state index in [9.17, 15) is 14.3 Å². The molecule has 0 spiro atoms. The summed E-state index contributed by atoms with van der Waals surface area (Å²) in [7, 11) is 1.55. The zero-order chi connectivity index (χ0) is 29.3. The van der Waals surface area contributed by atoms with Crippen LogP contribution in [-0.2, 0) is 11.1 Å². The van der Waals surface area contributed by atoms with E-state index in [2.05, 4.69) is 10.3 Å². The maximum atomic E-state index is 13.9. The van der Waals surface area contributed by atoms with Gasteiger partial charge in [0.25, 0.3) is 5.91 Å². The molecule has 3 aliphatic carbocycles. The van der Waals surface area contributed by atoms with Gasteiger partial charge in [-0.2, -0.15) is 0 Å². The van der Waals surface area contributed by atoms with E-state index in [1.807, 2.05) is 16.8 Å². The molecule has 3 atom stereocenters. The van der Waals surface area contributed by atoms with Crippen molar-refractivity contribution in [2.24, 2.45) is 5.92 Å². The molecule has 2 aromatic carbocycles. The number of aromatic nitrogens is 3. The monoisotopic (exact) mass is 582 g/mol. The molecule has 4 aromatic rings. The molecular formula is C33H31FN4O5. The molecule has 0 bridgehead atoms. The first kappa shape index (κ1) is 26.2. The van der Waals surface area contributed by atoms with Gasteiger partial charge in [0, 0.05) is 35.5 Å². The third-order valence-electron chi connectivity index (χ3n) is 9.11. The third-order valence-corrected chi connectivity index (χ3v) is 9.11. The van der Waals surface area contributed by atoms with Crippen LogP contribution in [0.5, 0.6) is 17.2 Å². The second-order valence-corrected chi connectivity index (χ2v) is 12.0. The van der Waals surface area contributed by atoms with Gasteiger partial charge >= 0.3 is 0 Å². The Labute approximate surface area is 247 Å². The predicted molar refractivity (Wildman–Crippen MR) is 154 cm³/mol. The van der Waals surface area contributed by atoms with Gasteiger partial charge in [0.1, 0.15) is 28.8 Å². The molecule has 3 heterocycles. The molecule has 220 valence electrons. The molecule has 0 saturated heterocycles. The number of carbonyl (C=O) groups is 1. The highest BCUT2D eigenvalue weighted by atomic mass is 19.1. The van der Waals surface area contributed by atoms with Gasteiger partial charge in [-0.15, -0.1) is 0 Å². The largest absolute Gasteiger partial charge is 0.493 e. The van der Waals surface area contributed by atoms with Crippen LogP contribution in [0.25, 0.3) is 11.3 Å². The number of nitrogens with one attached hydrogen (secondary N) is 1. The molecule has 9 nitrogen and oxygen atoms in total. The van der Waals surface area contributed by atoms with Crippen molar-refractivity contribution in [3.63, 3.8) is 0 Å². The topological polar surface area (TPSA) is 108 Å². The van der Waals surface area contributed by atoms with Crippen LogP contribution in [0, 0.1) is 11.7 Å². The number of hydrogen-bond donors (Lipinski definition) is 2. The number of nitrogens with zero attached hydrogens (tertiary/aromatic N) is 3. The molecule has 8 rings (SSSR count). The van der Waals surface area contributed by atoms with E-state index in [1.165, 1.54) is 12.1 Å². The first-order valence-corrected chi connectivity index (χ1v) is 14.7. The first-order valence-electron chi connectivity index (χ1n) is 14.7. The standard InChI is InChI=1S/C33H31FN4O5/c1-41-26-14-20(4-11-25(26)42-23-9-10-23)31(39)36-17-33(40,21-5-6-21)27-15-24-30(29(37-27)19-2-7-22(34)8-3-19)43-28-16-32(24,28)38-13-12-35-18-38/h2-4,7-8,11-15,18,21,23,28,40H,5-6,9-10,16-17H2,1H3,(H,36,39)/t28?,32-,33?/m1/s1. The third kappa shape index (κ3) is 4.34. The van der Waals surface area contributed by atoms with E-state index in [1.54, 1.807) is 50.0 Å². The van der Waals surface area contributed by atoms with Crippen molar-refractivity contribution in [1.29, 1.82) is 0 Å². The Morgan fingerprint density at radius 2 is 1.98 bits per heavy atom. The van der Waals surface area contributed by atoms with Gasteiger partial charge < -0.3 is 29.2 Å². The number of hydrogen-bond acceptors (Lipinski definition) is 7. The predicted octanol–water partition coefficient (Wildman–Crippen LogP) is 4.57. The normalized spacial score (nSPS) is 23.0. The number of pyridine rings is 1. The van der Waals surface area contributed by atoms with Gasteiger partial charge in [-0.1, -0.05) is 0 Å². The Kier molecular flexibility index (Phi) is 5.81. The van der Waals surface area contributed by atoms with Gasteiger partial charge in [-0.05, 0) is 80.1 Å². The van der Waals surface area contributed by atoms with Crippen LogP contribution in [-0.4, -0.2) is 51.4 Å². The van der Waals surface area contributed by atoms with Crippen LogP contribution in [0.1, 0.15) is 53.7 Å². The summed E-state index contributed by atoms with van der Waals surface area (Å²) in [5, 5.41) is 15.2. The number of ether oxygens (including phenoxy) is 3. The van der Waals surface area contributed by atoms with Crippen molar-refractivity contribution >= 4 is 5.91 Å². The number of rotatable bonds is 10. The Bertz CT molecular complexity index is 1720.